The molecule has 0 radical (unpaired) electrons. The van der Waals surface area contributed by atoms with Crippen LogP contribution in [0.5, 0.6) is 0 Å². The van der Waals surface area contributed by atoms with Gasteiger partial charge in [-0.15, -0.1) is 0 Å². The van der Waals surface area contributed by atoms with Gasteiger partial charge >= 0.3 is 0 Å². The van der Waals surface area contributed by atoms with E-state index in [0.29, 0.717) is 5.92 Å². The Hall–Kier alpha value is -0.370. The summed E-state index contributed by atoms with van der Waals surface area (Å²) in [6, 6.07) is 0. The molecule has 1 heterocycles. The molecule has 0 aliphatic carbocycles. The SMILES string of the molecule is C/N=C/C1CCOCC1. The van der Waals surface area contributed by atoms with E-state index in [1.807, 2.05) is 13.3 Å². The summed E-state index contributed by atoms with van der Waals surface area (Å²) in [7, 11) is 1.83. The van der Waals surface area contributed by atoms with Crippen molar-refractivity contribution in [2.45, 2.75) is 12.8 Å². The molecule has 0 aromatic carbocycles. The van der Waals surface area contributed by atoms with Crippen LogP contribution in [0.25, 0.3) is 0 Å². The van der Waals surface area contributed by atoms with Crippen LogP contribution in [0.3, 0.4) is 0 Å². The highest BCUT2D eigenvalue weighted by Crippen LogP contribution is 2.11. The third kappa shape index (κ3) is 2.14. The molecule has 1 rings (SSSR count). The lowest BCUT2D eigenvalue weighted by Crippen LogP contribution is -2.16. The molecular formula is C7H13NO. The Balaban J connectivity index is 2.23. The predicted octanol–water partition coefficient (Wildman–Crippen LogP) is 1.11. The first-order chi connectivity index (χ1) is 4.43. The standard InChI is InChI=1S/C7H13NO/c1-8-6-7-2-4-9-5-3-7/h6-7H,2-5H2,1H3/b8-6+. The smallest absolute Gasteiger partial charge is 0.0472 e. The van der Waals surface area contributed by atoms with Gasteiger partial charge in [-0.25, -0.2) is 0 Å². The Labute approximate surface area is 55.9 Å². The summed E-state index contributed by atoms with van der Waals surface area (Å²) in [6.45, 7) is 1.83. The van der Waals surface area contributed by atoms with Gasteiger partial charge < -0.3 is 9.73 Å². The van der Waals surface area contributed by atoms with E-state index in [4.69, 9.17) is 4.74 Å². The topological polar surface area (TPSA) is 21.6 Å². The molecule has 1 aliphatic rings. The van der Waals surface area contributed by atoms with E-state index in [0.717, 1.165) is 26.1 Å². The number of hydrogen-bond donors (Lipinski definition) is 0. The maximum atomic E-state index is 5.18. The molecule has 9 heavy (non-hydrogen) atoms. The first-order valence-corrected chi connectivity index (χ1v) is 3.43. The average molecular weight is 127 g/mol. The molecule has 52 valence electrons. The van der Waals surface area contributed by atoms with Crippen LogP contribution in [0.15, 0.2) is 4.99 Å². The molecule has 0 atom stereocenters. The molecule has 2 heteroatoms. The van der Waals surface area contributed by atoms with Crippen LogP contribution >= 0.6 is 0 Å². The Morgan fingerprint density at radius 2 is 2.11 bits per heavy atom. The van der Waals surface area contributed by atoms with E-state index in [9.17, 15) is 0 Å². The molecule has 0 aromatic heterocycles. The van der Waals surface area contributed by atoms with Crippen molar-refractivity contribution < 1.29 is 4.74 Å². The number of rotatable bonds is 1. The van der Waals surface area contributed by atoms with E-state index in [1.165, 1.54) is 0 Å². The molecule has 2 nitrogen and oxygen atoms in total. The van der Waals surface area contributed by atoms with Crippen molar-refractivity contribution in [1.82, 2.24) is 0 Å². The predicted molar refractivity (Wildman–Crippen MR) is 38.0 cm³/mol. The average Bonchev–Trinajstić information content (AvgIpc) is 1.91. The van der Waals surface area contributed by atoms with Gasteiger partial charge in [-0.1, -0.05) is 0 Å². The van der Waals surface area contributed by atoms with Crippen molar-refractivity contribution in [3.63, 3.8) is 0 Å². The van der Waals surface area contributed by atoms with Crippen LogP contribution in [-0.2, 0) is 4.74 Å². The van der Waals surface area contributed by atoms with Crippen molar-refractivity contribution in [3.8, 4) is 0 Å². The number of nitrogens with zero attached hydrogens (tertiary/aromatic N) is 1. The molecule has 0 spiro atoms. The zero-order valence-corrected chi connectivity index (χ0v) is 5.84. The lowest BCUT2D eigenvalue weighted by atomic mass is 10.0. The second kappa shape index (κ2) is 3.62. The first-order valence-electron chi connectivity index (χ1n) is 3.43. The summed E-state index contributed by atoms with van der Waals surface area (Å²) in [5.41, 5.74) is 0. The fraction of sp³-hybridized carbons (Fsp3) is 0.857. The normalized spacial score (nSPS) is 23.2. The minimum atomic E-state index is 0.684. The van der Waals surface area contributed by atoms with E-state index < -0.39 is 0 Å². The fourth-order valence-corrected chi connectivity index (χ4v) is 1.08. The van der Waals surface area contributed by atoms with Crippen molar-refractivity contribution >= 4 is 6.21 Å². The van der Waals surface area contributed by atoms with Crippen LogP contribution in [0.1, 0.15) is 12.8 Å². The highest BCUT2D eigenvalue weighted by molar-refractivity contribution is 5.60. The van der Waals surface area contributed by atoms with Crippen LogP contribution < -0.4 is 0 Å². The highest BCUT2D eigenvalue weighted by Gasteiger charge is 2.09. The van der Waals surface area contributed by atoms with Gasteiger partial charge in [0.15, 0.2) is 0 Å². The highest BCUT2D eigenvalue weighted by atomic mass is 16.5. The summed E-state index contributed by atoms with van der Waals surface area (Å²) in [5, 5.41) is 0. The fourth-order valence-electron chi connectivity index (χ4n) is 1.08. The summed E-state index contributed by atoms with van der Waals surface area (Å²) < 4.78 is 5.18. The summed E-state index contributed by atoms with van der Waals surface area (Å²) in [5.74, 6) is 0.684. The van der Waals surface area contributed by atoms with Gasteiger partial charge in [-0.05, 0) is 18.8 Å². The van der Waals surface area contributed by atoms with Gasteiger partial charge in [0, 0.05) is 26.5 Å². The van der Waals surface area contributed by atoms with Crippen molar-refractivity contribution in [3.05, 3.63) is 0 Å². The van der Waals surface area contributed by atoms with E-state index in [1.54, 1.807) is 0 Å². The Bertz CT molecular complexity index is 95.1. The molecule has 1 aliphatic heterocycles. The van der Waals surface area contributed by atoms with E-state index in [-0.39, 0.29) is 0 Å². The first kappa shape index (κ1) is 6.75. The van der Waals surface area contributed by atoms with Gasteiger partial charge in [0.2, 0.25) is 0 Å². The minimum Gasteiger partial charge on any atom is -0.381 e. The van der Waals surface area contributed by atoms with E-state index in [2.05, 4.69) is 4.99 Å². The lowest BCUT2D eigenvalue weighted by molar-refractivity contribution is 0.0838. The zero-order valence-electron chi connectivity index (χ0n) is 5.84. The molecule has 0 amide bonds. The third-order valence-electron chi connectivity index (χ3n) is 1.63. The van der Waals surface area contributed by atoms with Crippen molar-refractivity contribution in [2.75, 3.05) is 20.3 Å². The second-order valence-electron chi connectivity index (χ2n) is 2.36. The Morgan fingerprint density at radius 1 is 1.44 bits per heavy atom. The molecule has 0 N–H and O–H groups in total. The Morgan fingerprint density at radius 3 is 2.67 bits per heavy atom. The zero-order chi connectivity index (χ0) is 6.53. The number of hydrogen-bond acceptors (Lipinski definition) is 2. The van der Waals surface area contributed by atoms with Crippen LogP contribution in [0.4, 0.5) is 0 Å². The van der Waals surface area contributed by atoms with Crippen molar-refractivity contribution in [2.24, 2.45) is 10.9 Å². The van der Waals surface area contributed by atoms with Crippen LogP contribution in [-0.4, -0.2) is 26.5 Å². The molecule has 0 saturated carbocycles. The second-order valence-corrected chi connectivity index (χ2v) is 2.36. The molecule has 0 unspecified atom stereocenters. The monoisotopic (exact) mass is 127 g/mol. The quantitative estimate of drug-likeness (QED) is 0.483. The molecule has 0 bridgehead atoms. The summed E-state index contributed by atoms with van der Waals surface area (Å²) in [6.07, 6.45) is 4.33. The van der Waals surface area contributed by atoms with Gasteiger partial charge in [0.25, 0.3) is 0 Å². The minimum absolute atomic E-state index is 0.684. The Kier molecular flexibility index (Phi) is 2.71. The van der Waals surface area contributed by atoms with Gasteiger partial charge in [-0.2, -0.15) is 0 Å². The third-order valence-corrected chi connectivity index (χ3v) is 1.63. The van der Waals surface area contributed by atoms with Gasteiger partial charge in [-0.3, -0.25) is 0 Å². The van der Waals surface area contributed by atoms with Crippen molar-refractivity contribution in [1.29, 1.82) is 0 Å². The molecule has 0 aromatic rings. The maximum Gasteiger partial charge on any atom is 0.0472 e. The maximum absolute atomic E-state index is 5.18. The molecule has 1 fully saturated rings. The molecule has 1 saturated heterocycles. The van der Waals surface area contributed by atoms with Crippen LogP contribution in [0.2, 0.25) is 0 Å². The largest absolute Gasteiger partial charge is 0.381 e. The molecular weight excluding hydrogens is 114 g/mol. The van der Waals surface area contributed by atoms with Gasteiger partial charge in [0.05, 0.1) is 0 Å². The van der Waals surface area contributed by atoms with E-state index >= 15 is 0 Å². The van der Waals surface area contributed by atoms with Crippen LogP contribution in [0, 0.1) is 5.92 Å². The van der Waals surface area contributed by atoms with Gasteiger partial charge in [0.1, 0.15) is 0 Å². The number of aliphatic imine (C=N–C) groups is 1. The lowest BCUT2D eigenvalue weighted by Gasteiger charge is -2.17. The summed E-state index contributed by atoms with van der Waals surface area (Å²) >= 11 is 0. The number of ether oxygens (including phenoxy) is 1. The summed E-state index contributed by atoms with van der Waals surface area (Å²) in [4.78, 5) is 3.98.